The summed E-state index contributed by atoms with van der Waals surface area (Å²) in [6, 6.07) is 19.4. The molecular formula is C23H22BrN5O3. The lowest BCUT2D eigenvalue weighted by atomic mass is 9.99. The highest BCUT2D eigenvalue weighted by Crippen LogP contribution is 2.20. The van der Waals surface area contributed by atoms with Crippen molar-refractivity contribution in [2.24, 2.45) is 14.1 Å². The molecule has 0 fully saturated rings. The lowest BCUT2D eigenvalue weighted by molar-refractivity contribution is -0.122. The van der Waals surface area contributed by atoms with Gasteiger partial charge in [0.1, 0.15) is 6.54 Å². The number of hydrogen-bond donors (Lipinski definition) is 1. The molecule has 1 atom stereocenters. The van der Waals surface area contributed by atoms with E-state index in [0.717, 1.165) is 15.7 Å². The lowest BCUT2D eigenvalue weighted by Gasteiger charge is -2.20. The minimum absolute atomic E-state index is 0.102. The van der Waals surface area contributed by atoms with Gasteiger partial charge < -0.3 is 5.32 Å². The van der Waals surface area contributed by atoms with Crippen molar-refractivity contribution >= 4 is 33.0 Å². The molecule has 0 aliphatic rings. The molecule has 0 bridgehead atoms. The Morgan fingerprint density at radius 2 is 1.62 bits per heavy atom. The van der Waals surface area contributed by atoms with Crippen molar-refractivity contribution in [3.05, 3.63) is 97.4 Å². The molecule has 0 aliphatic carbocycles. The van der Waals surface area contributed by atoms with E-state index in [1.165, 1.54) is 16.2 Å². The van der Waals surface area contributed by atoms with Crippen molar-refractivity contribution < 1.29 is 4.79 Å². The molecule has 0 radical (unpaired) electrons. The first-order valence-electron chi connectivity index (χ1n) is 10.1. The molecule has 2 heterocycles. The van der Waals surface area contributed by atoms with Crippen LogP contribution in [-0.4, -0.2) is 24.6 Å². The number of hydrogen-bond acceptors (Lipinski definition) is 4. The van der Waals surface area contributed by atoms with Crippen molar-refractivity contribution in [1.82, 2.24) is 24.0 Å². The molecule has 0 saturated heterocycles. The van der Waals surface area contributed by atoms with E-state index in [4.69, 9.17) is 0 Å². The van der Waals surface area contributed by atoms with Crippen molar-refractivity contribution in [2.75, 3.05) is 0 Å². The summed E-state index contributed by atoms with van der Waals surface area (Å²) in [6.07, 6.45) is 0.626. The van der Waals surface area contributed by atoms with Gasteiger partial charge in [-0.05, 0) is 33.5 Å². The molecule has 1 unspecified atom stereocenters. The minimum atomic E-state index is -0.505. The molecule has 0 spiro atoms. The highest BCUT2D eigenvalue weighted by molar-refractivity contribution is 9.10. The number of benzene rings is 2. The van der Waals surface area contributed by atoms with Crippen LogP contribution in [0, 0.1) is 0 Å². The van der Waals surface area contributed by atoms with E-state index in [2.05, 4.69) is 26.2 Å². The molecule has 1 amide bonds. The van der Waals surface area contributed by atoms with Gasteiger partial charge in [-0.25, -0.2) is 9.78 Å². The molecule has 9 heteroatoms. The first kappa shape index (κ1) is 21.8. The predicted molar refractivity (Wildman–Crippen MR) is 125 cm³/mol. The highest BCUT2D eigenvalue weighted by Gasteiger charge is 2.21. The van der Waals surface area contributed by atoms with Crippen LogP contribution in [0.5, 0.6) is 0 Å². The van der Waals surface area contributed by atoms with Gasteiger partial charge in [0.25, 0.3) is 5.56 Å². The molecule has 0 saturated carbocycles. The number of rotatable bonds is 6. The van der Waals surface area contributed by atoms with Crippen LogP contribution in [0.25, 0.3) is 11.2 Å². The summed E-state index contributed by atoms with van der Waals surface area (Å²) in [7, 11) is 2.95. The minimum Gasteiger partial charge on any atom is -0.347 e. The van der Waals surface area contributed by atoms with Crippen LogP contribution in [0.4, 0.5) is 0 Å². The number of fused-ring (bicyclic) bond motifs is 1. The highest BCUT2D eigenvalue weighted by atomic mass is 79.9. The van der Waals surface area contributed by atoms with E-state index < -0.39 is 11.2 Å². The van der Waals surface area contributed by atoms with E-state index in [1.807, 2.05) is 60.7 Å². The first-order chi connectivity index (χ1) is 15.4. The third kappa shape index (κ3) is 4.16. The lowest BCUT2D eigenvalue weighted by Crippen LogP contribution is -2.38. The smallest absolute Gasteiger partial charge is 0.332 e. The summed E-state index contributed by atoms with van der Waals surface area (Å²) in [5.74, 6) is -0.261. The summed E-state index contributed by atoms with van der Waals surface area (Å²) in [4.78, 5) is 42.2. The molecule has 2 aromatic heterocycles. The molecule has 32 heavy (non-hydrogen) atoms. The topological polar surface area (TPSA) is 90.9 Å². The Labute approximate surface area is 192 Å². The van der Waals surface area contributed by atoms with Crippen LogP contribution in [0.15, 0.2) is 75.0 Å². The standard InChI is InChI=1S/C23H22BrN5O3/c1-27-20-19(21(31)28(2)23(27)32)26-22(24)29(20)14-18(30)25-17(16-11-7-4-8-12-16)13-15-9-5-3-6-10-15/h3-12,17H,13-14H2,1-2H3,(H,25,30). The Morgan fingerprint density at radius 1 is 1.00 bits per heavy atom. The average Bonchev–Trinajstić information content (AvgIpc) is 3.13. The van der Waals surface area contributed by atoms with E-state index in [9.17, 15) is 14.4 Å². The number of nitrogens with zero attached hydrogens (tertiary/aromatic N) is 4. The molecule has 164 valence electrons. The maximum absolute atomic E-state index is 13.1. The Kier molecular flexibility index (Phi) is 6.09. The Bertz CT molecular complexity index is 1390. The maximum atomic E-state index is 13.1. The summed E-state index contributed by atoms with van der Waals surface area (Å²) in [6.45, 7) is -0.102. The summed E-state index contributed by atoms with van der Waals surface area (Å²) < 4.78 is 4.15. The summed E-state index contributed by atoms with van der Waals surface area (Å²) >= 11 is 3.33. The van der Waals surface area contributed by atoms with Crippen LogP contribution in [0.3, 0.4) is 0 Å². The van der Waals surface area contributed by atoms with Crippen LogP contribution < -0.4 is 16.6 Å². The second-order valence-corrected chi connectivity index (χ2v) is 8.27. The van der Waals surface area contributed by atoms with Crippen LogP contribution in [-0.2, 0) is 31.9 Å². The Balaban J connectivity index is 1.66. The molecule has 4 rings (SSSR count). The number of aryl methyl sites for hydroxylation is 1. The Morgan fingerprint density at radius 3 is 2.28 bits per heavy atom. The van der Waals surface area contributed by atoms with Crippen LogP contribution >= 0.6 is 15.9 Å². The van der Waals surface area contributed by atoms with Gasteiger partial charge in [0.15, 0.2) is 15.9 Å². The van der Waals surface area contributed by atoms with E-state index in [1.54, 1.807) is 7.05 Å². The fourth-order valence-electron chi connectivity index (χ4n) is 3.77. The maximum Gasteiger partial charge on any atom is 0.332 e. The number of aromatic nitrogens is 4. The van der Waals surface area contributed by atoms with Gasteiger partial charge in [-0.2, -0.15) is 0 Å². The first-order valence-corrected chi connectivity index (χ1v) is 10.9. The zero-order valence-electron chi connectivity index (χ0n) is 17.7. The largest absolute Gasteiger partial charge is 0.347 e. The van der Waals surface area contributed by atoms with Gasteiger partial charge in [0.05, 0.1) is 6.04 Å². The molecule has 1 N–H and O–H groups in total. The third-order valence-electron chi connectivity index (χ3n) is 5.41. The summed E-state index contributed by atoms with van der Waals surface area (Å²) in [5, 5.41) is 3.09. The predicted octanol–water partition coefficient (Wildman–Crippen LogP) is 2.30. The second kappa shape index (κ2) is 8.96. The number of nitrogens with one attached hydrogen (secondary N) is 1. The van der Waals surface area contributed by atoms with Crippen molar-refractivity contribution in [1.29, 1.82) is 0 Å². The molecule has 2 aromatic carbocycles. The van der Waals surface area contributed by atoms with Gasteiger partial charge in [0.2, 0.25) is 5.91 Å². The zero-order valence-corrected chi connectivity index (χ0v) is 19.2. The fraction of sp³-hybridized carbons (Fsp3) is 0.217. The number of amides is 1. The van der Waals surface area contributed by atoms with E-state index in [0.29, 0.717) is 16.8 Å². The molecule has 4 aromatic rings. The Hall–Kier alpha value is -3.46. The van der Waals surface area contributed by atoms with Crippen molar-refractivity contribution in [2.45, 2.75) is 19.0 Å². The molecular weight excluding hydrogens is 474 g/mol. The third-order valence-corrected chi connectivity index (χ3v) is 6.02. The quantitative estimate of drug-likeness (QED) is 0.415. The summed E-state index contributed by atoms with van der Waals surface area (Å²) in [5.41, 5.74) is 1.51. The SMILES string of the molecule is Cn1c(=O)c2nc(Br)n(CC(=O)NC(Cc3ccccc3)c3ccccc3)c2n(C)c1=O. The van der Waals surface area contributed by atoms with Gasteiger partial charge in [-0.3, -0.25) is 23.3 Å². The van der Waals surface area contributed by atoms with Crippen molar-refractivity contribution in [3.63, 3.8) is 0 Å². The zero-order chi connectivity index (χ0) is 22.8. The van der Waals surface area contributed by atoms with Crippen molar-refractivity contribution in [3.8, 4) is 0 Å². The normalized spacial score (nSPS) is 12.1. The molecule has 8 nitrogen and oxygen atoms in total. The van der Waals surface area contributed by atoms with Gasteiger partial charge >= 0.3 is 5.69 Å². The monoisotopic (exact) mass is 495 g/mol. The molecule has 0 aliphatic heterocycles. The number of carbonyl (C=O) groups is 1. The second-order valence-electron chi connectivity index (χ2n) is 7.57. The fourth-order valence-corrected chi connectivity index (χ4v) is 4.24. The van der Waals surface area contributed by atoms with Crippen LogP contribution in [0.2, 0.25) is 0 Å². The van der Waals surface area contributed by atoms with E-state index >= 15 is 0 Å². The van der Waals surface area contributed by atoms with Gasteiger partial charge in [-0.15, -0.1) is 0 Å². The number of imidazole rings is 1. The van der Waals surface area contributed by atoms with Gasteiger partial charge in [0, 0.05) is 14.1 Å². The van der Waals surface area contributed by atoms with Gasteiger partial charge in [-0.1, -0.05) is 60.7 Å². The van der Waals surface area contributed by atoms with E-state index in [-0.39, 0.29) is 24.0 Å². The number of halogens is 1. The average molecular weight is 496 g/mol. The van der Waals surface area contributed by atoms with Crippen LogP contribution in [0.1, 0.15) is 17.2 Å². The number of carbonyl (C=O) groups excluding carboxylic acids is 1.